The summed E-state index contributed by atoms with van der Waals surface area (Å²) in [5.41, 5.74) is 1.41. The average molecular weight is 370 g/mol. The highest BCUT2D eigenvalue weighted by Gasteiger charge is 2.49. The number of rotatable bonds is 5. The van der Waals surface area contributed by atoms with Crippen LogP contribution in [0.25, 0.3) is 0 Å². The summed E-state index contributed by atoms with van der Waals surface area (Å²) in [6, 6.07) is 3.76. The molecule has 0 saturated carbocycles. The normalized spacial score (nSPS) is 21.1. The van der Waals surface area contributed by atoms with Gasteiger partial charge in [0.15, 0.2) is 0 Å². The molecular weight excluding hydrogens is 344 g/mol. The van der Waals surface area contributed by atoms with E-state index in [1.54, 1.807) is 12.4 Å². The van der Waals surface area contributed by atoms with E-state index in [1.807, 2.05) is 41.8 Å². The zero-order valence-corrected chi connectivity index (χ0v) is 15.9. The predicted molar refractivity (Wildman–Crippen MR) is 99.6 cm³/mol. The fourth-order valence-electron chi connectivity index (χ4n) is 4.07. The number of nitrogens with zero attached hydrogens (tertiary/aromatic N) is 4. The third-order valence-corrected chi connectivity index (χ3v) is 5.51. The molecule has 2 saturated heterocycles. The molecule has 0 radical (unpaired) electrons. The first-order valence-corrected chi connectivity index (χ1v) is 9.51. The third-order valence-electron chi connectivity index (χ3n) is 5.51. The van der Waals surface area contributed by atoms with E-state index in [0.29, 0.717) is 31.5 Å². The first kappa shape index (κ1) is 18.0. The monoisotopic (exact) mass is 370 g/mol. The van der Waals surface area contributed by atoms with Crippen LogP contribution in [0.2, 0.25) is 0 Å². The van der Waals surface area contributed by atoms with Crippen LogP contribution in [-0.2, 0) is 11.8 Å². The van der Waals surface area contributed by atoms with E-state index >= 15 is 0 Å². The number of amides is 1. The Morgan fingerprint density at radius 3 is 3.00 bits per heavy atom. The molecule has 2 aliphatic rings. The number of aryl methyl sites for hydroxylation is 2. The second kappa shape index (κ2) is 7.31. The number of hydrogen-bond donors (Lipinski definition) is 0. The number of aromatic nitrogens is 3. The van der Waals surface area contributed by atoms with Gasteiger partial charge in [-0.15, -0.1) is 0 Å². The number of hydrogen-bond acceptors (Lipinski definition) is 5. The lowest BCUT2D eigenvalue weighted by Gasteiger charge is -2.53. The third kappa shape index (κ3) is 3.83. The molecule has 1 spiro atoms. The fraction of sp³-hybridized carbons (Fsp3) is 0.550. The molecule has 7 heteroatoms. The molecule has 144 valence electrons. The van der Waals surface area contributed by atoms with Crippen LogP contribution in [0.5, 0.6) is 5.88 Å². The van der Waals surface area contributed by atoms with Crippen molar-refractivity contribution in [3.8, 4) is 5.88 Å². The first-order valence-electron chi connectivity index (χ1n) is 9.51. The Morgan fingerprint density at radius 2 is 2.26 bits per heavy atom. The van der Waals surface area contributed by atoms with E-state index in [-0.39, 0.29) is 11.5 Å². The molecule has 4 heterocycles. The van der Waals surface area contributed by atoms with Gasteiger partial charge in [-0.1, -0.05) is 0 Å². The van der Waals surface area contributed by atoms with Crippen molar-refractivity contribution >= 4 is 5.91 Å². The van der Waals surface area contributed by atoms with Gasteiger partial charge in [0.1, 0.15) is 11.3 Å². The van der Waals surface area contributed by atoms with Crippen LogP contribution >= 0.6 is 0 Å². The molecule has 7 nitrogen and oxygen atoms in total. The second-order valence-electron chi connectivity index (χ2n) is 7.69. The highest BCUT2D eigenvalue weighted by atomic mass is 16.5. The maximum Gasteiger partial charge on any atom is 0.270 e. The Bertz CT molecular complexity index is 813. The SMILES string of the molecule is Cc1cncc(OCC[C@H]2CCOC3(C2)CN(C(=O)c2cccn2C)C3)n1. The molecule has 4 rings (SSSR count). The Balaban J connectivity index is 1.26. The van der Waals surface area contributed by atoms with E-state index in [1.165, 1.54) is 0 Å². The van der Waals surface area contributed by atoms with Crippen molar-refractivity contribution in [1.82, 2.24) is 19.4 Å². The summed E-state index contributed by atoms with van der Waals surface area (Å²) in [6.45, 7) is 4.64. The Morgan fingerprint density at radius 1 is 1.41 bits per heavy atom. The quantitative estimate of drug-likeness (QED) is 0.807. The lowest BCUT2D eigenvalue weighted by molar-refractivity contribution is -0.167. The van der Waals surface area contributed by atoms with Gasteiger partial charge in [-0.05, 0) is 44.2 Å². The van der Waals surface area contributed by atoms with Crippen molar-refractivity contribution in [2.45, 2.75) is 31.8 Å². The minimum atomic E-state index is -0.174. The molecule has 0 bridgehead atoms. The standard InChI is InChI=1S/C20H26N4O3/c1-15-11-21-12-18(22-15)26-8-5-16-6-9-27-20(10-16)13-24(14-20)19(25)17-4-3-7-23(17)2/h3-4,7,11-12,16H,5-6,8-10,13-14H2,1-2H3/t16-/m0/s1. The highest BCUT2D eigenvalue weighted by molar-refractivity contribution is 5.93. The summed E-state index contributed by atoms with van der Waals surface area (Å²) in [5.74, 6) is 1.21. The van der Waals surface area contributed by atoms with Gasteiger partial charge in [-0.25, -0.2) is 4.98 Å². The number of ether oxygens (including phenoxy) is 2. The maximum atomic E-state index is 12.6. The maximum absolute atomic E-state index is 12.6. The van der Waals surface area contributed by atoms with E-state index < -0.39 is 0 Å². The fourth-order valence-corrected chi connectivity index (χ4v) is 4.07. The van der Waals surface area contributed by atoms with Gasteiger partial charge in [-0.2, -0.15) is 0 Å². The molecular formula is C20H26N4O3. The zero-order valence-electron chi connectivity index (χ0n) is 15.9. The Kier molecular flexibility index (Phi) is 4.86. The van der Waals surface area contributed by atoms with Crippen LogP contribution in [0.1, 0.15) is 35.4 Å². The van der Waals surface area contributed by atoms with Crippen molar-refractivity contribution in [3.05, 3.63) is 42.1 Å². The Labute approximate surface area is 159 Å². The van der Waals surface area contributed by atoms with Gasteiger partial charge < -0.3 is 18.9 Å². The van der Waals surface area contributed by atoms with Crippen LogP contribution in [-0.4, -0.2) is 57.2 Å². The second-order valence-corrected chi connectivity index (χ2v) is 7.69. The van der Waals surface area contributed by atoms with Crippen molar-refractivity contribution in [1.29, 1.82) is 0 Å². The number of carbonyl (C=O) groups excluding carboxylic acids is 1. The molecule has 1 amide bonds. The van der Waals surface area contributed by atoms with E-state index in [2.05, 4.69) is 9.97 Å². The summed E-state index contributed by atoms with van der Waals surface area (Å²) in [5, 5.41) is 0. The molecule has 27 heavy (non-hydrogen) atoms. The van der Waals surface area contributed by atoms with Gasteiger partial charge in [0.2, 0.25) is 5.88 Å². The molecule has 0 N–H and O–H groups in total. The smallest absolute Gasteiger partial charge is 0.270 e. The van der Waals surface area contributed by atoms with Crippen LogP contribution in [0.4, 0.5) is 0 Å². The largest absolute Gasteiger partial charge is 0.477 e. The molecule has 0 aromatic carbocycles. The number of carbonyl (C=O) groups is 1. The van der Waals surface area contributed by atoms with Gasteiger partial charge in [-0.3, -0.25) is 9.78 Å². The Hall–Kier alpha value is -2.41. The minimum Gasteiger partial charge on any atom is -0.477 e. The topological polar surface area (TPSA) is 69.5 Å². The summed E-state index contributed by atoms with van der Waals surface area (Å²) in [7, 11) is 1.90. The minimum absolute atomic E-state index is 0.0835. The molecule has 0 unspecified atom stereocenters. The molecule has 2 aromatic heterocycles. The van der Waals surface area contributed by atoms with Crippen LogP contribution in [0, 0.1) is 12.8 Å². The summed E-state index contributed by atoms with van der Waals surface area (Å²) >= 11 is 0. The summed E-state index contributed by atoms with van der Waals surface area (Å²) in [4.78, 5) is 22.9. The first-order chi connectivity index (χ1) is 13.0. The number of likely N-dealkylation sites (tertiary alicyclic amines) is 1. The predicted octanol–water partition coefficient (Wildman–Crippen LogP) is 2.21. The molecule has 2 aromatic rings. The van der Waals surface area contributed by atoms with Crippen molar-refractivity contribution in [2.24, 2.45) is 13.0 Å². The van der Waals surface area contributed by atoms with Crippen molar-refractivity contribution in [3.63, 3.8) is 0 Å². The van der Waals surface area contributed by atoms with Crippen LogP contribution < -0.4 is 4.74 Å². The zero-order chi connectivity index (χ0) is 18.9. The summed E-state index contributed by atoms with van der Waals surface area (Å²) in [6.07, 6.45) is 8.25. The van der Waals surface area contributed by atoms with Gasteiger partial charge >= 0.3 is 0 Å². The van der Waals surface area contributed by atoms with E-state index in [4.69, 9.17) is 9.47 Å². The molecule has 2 fully saturated rings. The van der Waals surface area contributed by atoms with Gasteiger partial charge in [0, 0.05) is 26.0 Å². The van der Waals surface area contributed by atoms with Crippen molar-refractivity contribution < 1.29 is 14.3 Å². The van der Waals surface area contributed by atoms with Crippen LogP contribution in [0.15, 0.2) is 30.7 Å². The lowest BCUT2D eigenvalue weighted by atomic mass is 9.79. The van der Waals surface area contributed by atoms with Gasteiger partial charge in [0.05, 0.1) is 31.6 Å². The molecule has 0 aliphatic carbocycles. The van der Waals surface area contributed by atoms with Crippen molar-refractivity contribution in [2.75, 3.05) is 26.3 Å². The van der Waals surface area contributed by atoms with Crippen LogP contribution in [0.3, 0.4) is 0 Å². The van der Waals surface area contributed by atoms with Gasteiger partial charge in [0.25, 0.3) is 5.91 Å². The molecule has 1 atom stereocenters. The molecule has 2 aliphatic heterocycles. The lowest BCUT2D eigenvalue weighted by Crippen LogP contribution is -2.66. The highest BCUT2D eigenvalue weighted by Crippen LogP contribution is 2.38. The summed E-state index contributed by atoms with van der Waals surface area (Å²) < 4.78 is 13.7. The van der Waals surface area contributed by atoms with E-state index in [0.717, 1.165) is 37.3 Å². The average Bonchev–Trinajstić information content (AvgIpc) is 3.05. The van der Waals surface area contributed by atoms with E-state index in [9.17, 15) is 4.79 Å².